The number of nitrogens with zero attached hydrogens (tertiary/aromatic N) is 4. The number of carbonyl (C=O) groups is 1. The molecule has 1 saturated carbocycles. The number of carbonyl (C=O) groups excluding carboxylic acids is 1. The average molecular weight is 357 g/mol. The Balaban J connectivity index is 1.61. The summed E-state index contributed by atoms with van der Waals surface area (Å²) >= 11 is 1.41. The van der Waals surface area contributed by atoms with E-state index in [9.17, 15) is 9.59 Å². The maximum Gasteiger partial charge on any atom is 0.271 e. The molecule has 1 amide bonds. The summed E-state index contributed by atoms with van der Waals surface area (Å²) in [4.78, 5) is 30.8. The van der Waals surface area contributed by atoms with E-state index in [2.05, 4.69) is 22.3 Å². The number of nitrogens with one attached hydrogen (secondary N) is 1. The van der Waals surface area contributed by atoms with Crippen LogP contribution in [0.5, 0.6) is 0 Å². The van der Waals surface area contributed by atoms with Crippen molar-refractivity contribution in [2.75, 3.05) is 5.32 Å². The second kappa shape index (κ2) is 5.80. The van der Waals surface area contributed by atoms with Crippen molar-refractivity contribution >= 4 is 28.0 Å². The van der Waals surface area contributed by atoms with Crippen LogP contribution < -0.4 is 10.9 Å². The topological polar surface area (TPSA) is 81.3 Å². The lowest BCUT2D eigenvalue weighted by Crippen LogP contribution is -2.26. The highest BCUT2D eigenvalue weighted by Crippen LogP contribution is 2.39. The van der Waals surface area contributed by atoms with E-state index in [1.54, 1.807) is 6.20 Å². The average Bonchev–Trinajstić information content (AvgIpc) is 3.24. The first-order valence-corrected chi connectivity index (χ1v) is 9.11. The molecular weight excluding hydrogens is 338 g/mol. The van der Waals surface area contributed by atoms with Gasteiger partial charge in [-0.25, -0.2) is 4.98 Å². The van der Waals surface area contributed by atoms with Crippen LogP contribution >= 0.6 is 11.3 Å². The molecule has 0 saturated heterocycles. The van der Waals surface area contributed by atoms with Crippen molar-refractivity contribution in [3.05, 3.63) is 44.9 Å². The van der Waals surface area contributed by atoms with E-state index in [4.69, 9.17) is 0 Å². The van der Waals surface area contributed by atoms with Gasteiger partial charge in [0.25, 0.3) is 11.5 Å². The molecule has 1 atom stereocenters. The lowest BCUT2D eigenvalue weighted by atomic mass is 10.2. The third-order valence-corrected chi connectivity index (χ3v) is 5.53. The third kappa shape index (κ3) is 2.86. The lowest BCUT2D eigenvalue weighted by Gasteiger charge is -2.12. The van der Waals surface area contributed by atoms with Crippen molar-refractivity contribution in [2.45, 2.75) is 39.7 Å². The highest BCUT2D eigenvalue weighted by atomic mass is 32.1. The van der Waals surface area contributed by atoms with E-state index in [1.165, 1.54) is 34.8 Å². The third-order valence-electron chi connectivity index (χ3n) is 4.62. The van der Waals surface area contributed by atoms with Crippen molar-refractivity contribution in [1.29, 1.82) is 0 Å². The van der Waals surface area contributed by atoms with E-state index < -0.39 is 5.91 Å². The molecule has 0 bridgehead atoms. The summed E-state index contributed by atoms with van der Waals surface area (Å²) in [6.45, 7) is 6.01. The van der Waals surface area contributed by atoms with Crippen LogP contribution in [0, 0.1) is 19.8 Å². The lowest BCUT2D eigenvalue weighted by molar-refractivity contribution is 0.102. The Morgan fingerprint density at radius 2 is 2.16 bits per heavy atom. The molecule has 0 radical (unpaired) electrons. The second-order valence-corrected chi connectivity index (χ2v) is 7.83. The standard InChI is InChI=1S/C17H19N5O2S/c1-9-6-14(20-22(9)11(3)12-4-5-12)19-15(23)13-7-18-17-21(16(13)24)8-10(2)25-17/h6-8,11-12H,4-5H2,1-3H3,(H,19,20,23). The molecule has 1 N–H and O–H groups in total. The number of aryl methyl sites for hydroxylation is 2. The van der Waals surface area contributed by atoms with Crippen molar-refractivity contribution in [2.24, 2.45) is 5.92 Å². The number of hydrogen-bond donors (Lipinski definition) is 1. The summed E-state index contributed by atoms with van der Waals surface area (Å²) < 4.78 is 3.36. The maximum absolute atomic E-state index is 12.5. The molecule has 0 aromatic carbocycles. The van der Waals surface area contributed by atoms with Crippen molar-refractivity contribution < 1.29 is 4.79 Å². The fourth-order valence-corrected chi connectivity index (χ4v) is 3.86. The molecule has 0 spiro atoms. The van der Waals surface area contributed by atoms with Gasteiger partial charge in [-0.1, -0.05) is 0 Å². The zero-order chi connectivity index (χ0) is 17.7. The van der Waals surface area contributed by atoms with Crippen LogP contribution in [0.2, 0.25) is 0 Å². The van der Waals surface area contributed by atoms with E-state index in [-0.39, 0.29) is 11.1 Å². The number of rotatable bonds is 4. The number of amides is 1. The van der Waals surface area contributed by atoms with Gasteiger partial charge in [-0.05, 0) is 39.5 Å². The molecule has 1 fully saturated rings. The van der Waals surface area contributed by atoms with Crippen LogP contribution in [0.15, 0.2) is 23.3 Å². The predicted molar refractivity (Wildman–Crippen MR) is 96.4 cm³/mol. The Bertz CT molecular complexity index is 1030. The molecule has 8 heteroatoms. The van der Waals surface area contributed by atoms with E-state index in [0.717, 1.165) is 10.6 Å². The molecule has 3 heterocycles. The van der Waals surface area contributed by atoms with Gasteiger partial charge in [0, 0.05) is 29.0 Å². The highest BCUT2D eigenvalue weighted by Gasteiger charge is 2.30. The predicted octanol–water partition coefficient (Wildman–Crippen LogP) is 2.79. The molecule has 1 aliphatic rings. The van der Waals surface area contributed by atoms with Gasteiger partial charge in [0.15, 0.2) is 10.8 Å². The smallest absolute Gasteiger partial charge is 0.271 e. The number of thiazole rings is 1. The van der Waals surface area contributed by atoms with Gasteiger partial charge in [0.05, 0.1) is 6.04 Å². The summed E-state index contributed by atoms with van der Waals surface area (Å²) in [5, 5.41) is 7.22. The molecule has 7 nitrogen and oxygen atoms in total. The van der Waals surface area contributed by atoms with Crippen LogP contribution in [0.3, 0.4) is 0 Å². The first-order valence-electron chi connectivity index (χ1n) is 8.29. The molecular formula is C17H19N5O2S. The molecule has 25 heavy (non-hydrogen) atoms. The van der Waals surface area contributed by atoms with E-state index in [1.807, 2.05) is 24.6 Å². The van der Waals surface area contributed by atoms with Gasteiger partial charge >= 0.3 is 0 Å². The Kier molecular flexibility index (Phi) is 3.72. The van der Waals surface area contributed by atoms with Crippen molar-refractivity contribution in [3.8, 4) is 0 Å². The number of anilines is 1. The quantitative estimate of drug-likeness (QED) is 0.778. The molecule has 130 valence electrons. The van der Waals surface area contributed by atoms with Crippen LogP contribution in [0.4, 0.5) is 5.82 Å². The summed E-state index contributed by atoms with van der Waals surface area (Å²) in [6, 6.07) is 2.15. The fourth-order valence-electron chi connectivity index (χ4n) is 3.07. The van der Waals surface area contributed by atoms with E-state index in [0.29, 0.717) is 22.7 Å². The number of hydrogen-bond acceptors (Lipinski definition) is 5. The monoisotopic (exact) mass is 357 g/mol. The Morgan fingerprint density at radius 3 is 2.88 bits per heavy atom. The summed E-state index contributed by atoms with van der Waals surface area (Å²) in [5.41, 5.74) is 0.639. The molecule has 1 unspecified atom stereocenters. The minimum absolute atomic E-state index is 0.0118. The molecule has 0 aliphatic heterocycles. The Hall–Kier alpha value is -2.48. The molecule has 3 aromatic heterocycles. The van der Waals surface area contributed by atoms with Gasteiger partial charge in [-0.15, -0.1) is 11.3 Å². The maximum atomic E-state index is 12.5. The first kappa shape index (κ1) is 16.0. The van der Waals surface area contributed by atoms with E-state index >= 15 is 0 Å². The fraction of sp³-hybridized carbons (Fsp3) is 0.412. The van der Waals surface area contributed by atoms with Gasteiger partial charge < -0.3 is 5.32 Å². The summed E-state index contributed by atoms with van der Waals surface area (Å²) in [7, 11) is 0. The molecule has 1 aliphatic carbocycles. The second-order valence-electron chi connectivity index (χ2n) is 6.62. The minimum Gasteiger partial charge on any atom is -0.305 e. The van der Waals surface area contributed by atoms with Gasteiger partial charge in [0.2, 0.25) is 0 Å². The zero-order valence-corrected chi connectivity index (χ0v) is 15.1. The summed E-state index contributed by atoms with van der Waals surface area (Å²) in [5.74, 6) is 0.640. The van der Waals surface area contributed by atoms with Crippen LogP contribution in [-0.2, 0) is 0 Å². The zero-order valence-electron chi connectivity index (χ0n) is 14.3. The van der Waals surface area contributed by atoms with Crippen LogP contribution in [0.1, 0.15) is 46.7 Å². The Morgan fingerprint density at radius 1 is 1.40 bits per heavy atom. The van der Waals surface area contributed by atoms with Crippen molar-refractivity contribution in [3.63, 3.8) is 0 Å². The Labute approximate surface area is 148 Å². The molecule has 3 aromatic rings. The SMILES string of the molecule is Cc1cn2c(=O)c(C(=O)Nc3cc(C)n(C(C)C4CC4)n3)cnc2s1. The summed E-state index contributed by atoms with van der Waals surface area (Å²) in [6.07, 6.45) is 5.48. The number of aromatic nitrogens is 4. The normalized spacial score (nSPS) is 15.5. The first-order chi connectivity index (χ1) is 11.9. The van der Waals surface area contributed by atoms with Gasteiger partial charge in [-0.2, -0.15) is 5.10 Å². The van der Waals surface area contributed by atoms with Gasteiger partial charge in [-0.3, -0.25) is 18.7 Å². The molecule has 4 rings (SSSR count). The largest absolute Gasteiger partial charge is 0.305 e. The van der Waals surface area contributed by atoms with Crippen molar-refractivity contribution in [1.82, 2.24) is 19.2 Å². The highest BCUT2D eigenvalue weighted by molar-refractivity contribution is 7.16. The van der Waals surface area contributed by atoms with Gasteiger partial charge in [0.1, 0.15) is 5.56 Å². The van der Waals surface area contributed by atoms with Crippen LogP contribution in [0.25, 0.3) is 4.96 Å². The van der Waals surface area contributed by atoms with Crippen LogP contribution in [-0.4, -0.2) is 25.1 Å². The number of fused-ring (bicyclic) bond motifs is 1. The minimum atomic E-state index is -0.487.